The number of nitrogens with zero attached hydrogens (tertiary/aromatic N) is 1. The Morgan fingerprint density at radius 3 is 2.67 bits per heavy atom. The summed E-state index contributed by atoms with van der Waals surface area (Å²) in [5, 5.41) is 8.80. The molecular formula is C11H19NO3. The number of carboxylic acid groups (broad SMARTS) is 1. The Labute approximate surface area is 90.3 Å². The van der Waals surface area contributed by atoms with Gasteiger partial charge >= 0.3 is 5.97 Å². The van der Waals surface area contributed by atoms with Crippen LogP contribution in [-0.4, -0.2) is 34.5 Å². The first-order valence-corrected chi connectivity index (χ1v) is 5.61. The molecule has 0 unspecified atom stereocenters. The van der Waals surface area contributed by atoms with Crippen molar-refractivity contribution in [2.24, 2.45) is 5.92 Å². The van der Waals surface area contributed by atoms with Crippen molar-refractivity contribution in [2.45, 2.75) is 45.6 Å². The van der Waals surface area contributed by atoms with Crippen molar-refractivity contribution in [3.63, 3.8) is 0 Å². The van der Waals surface area contributed by atoms with Crippen LogP contribution in [0.4, 0.5) is 0 Å². The van der Waals surface area contributed by atoms with Crippen LogP contribution in [-0.2, 0) is 9.59 Å². The Morgan fingerprint density at radius 2 is 2.20 bits per heavy atom. The average molecular weight is 213 g/mol. The van der Waals surface area contributed by atoms with E-state index in [2.05, 4.69) is 0 Å². The monoisotopic (exact) mass is 213 g/mol. The standard InChI is InChI=1S/C11H19NO3/c1-3-9-8(7-11(14)15)5-6-10(13)12(9)4-2/h8-9H,3-7H2,1-2H3,(H,14,15)/t8-,9-/m1/s1. The second-order valence-corrected chi connectivity index (χ2v) is 4.05. The van der Waals surface area contributed by atoms with E-state index < -0.39 is 5.97 Å². The third-order valence-electron chi connectivity index (χ3n) is 3.19. The normalized spacial score (nSPS) is 26.8. The molecule has 1 rings (SSSR count). The minimum atomic E-state index is -0.760. The lowest BCUT2D eigenvalue weighted by atomic mass is 9.85. The predicted octanol–water partition coefficient (Wildman–Crippen LogP) is 1.50. The fourth-order valence-corrected chi connectivity index (χ4v) is 2.51. The summed E-state index contributed by atoms with van der Waals surface area (Å²) in [5.41, 5.74) is 0. The van der Waals surface area contributed by atoms with Gasteiger partial charge in [-0.25, -0.2) is 0 Å². The number of piperidine rings is 1. The zero-order valence-corrected chi connectivity index (χ0v) is 9.40. The van der Waals surface area contributed by atoms with Crippen molar-refractivity contribution in [2.75, 3.05) is 6.54 Å². The van der Waals surface area contributed by atoms with Gasteiger partial charge in [-0.2, -0.15) is 0 Å². The van der Waals surface area contributed by atoms with E-state index in [-0.39, 0.29) is 24.3 Å². The molecule has 0 radical (unpaired) electrons. The molecule has 1 saturated heterocycles. The number of carbonyl (C=O) groups excluding carboxylic acids is 1. The number of aliphatic carboxylic acids is 1. The van der Waals surface area contributed by atoms with Gasteiger partial charge in [-0.1, -0.05) is 6.92 Å². The lowest BCUT2D eigenvalue weighted by Crippen LogP contribution is -2.48. The van der Waals surface area contributed by atoms with Crippen LogP contribution in [0.25, 0.3) is 0 Å². The molecule has 0 aromatic heterocycles. The molecule has 15 heavy (non-hydrogen) atoms. The van der Waals surface area contributed by atoms with Gasteiger partial charge in [0.25, 0.3) is 0 Å². The fourth-order valence-electron chi connectivity index (χ4n) is 2.51. The van der Waals surface area contributed by atoms with E-state index in [1.54, 1.807) is 0 Å². The van der Waals surface area contributed by atoms with E-state index in [0.717, 1.165) is 12.8 Å². The van der Waals surface area contributed by atoms with E-state index >= 15 is 0 Å². The minimum Gasteiger partial charge on any atom is -0.481 e. The van der Waals surface area contributed by atoms with Crippen molar-refractivity contribution in [3.8, 4) is 0 Å². The Balaban J connectivity index is 2.72. The molecule has 0 aliphatic carbocycles. The lowest BCUT2D eigenvalue weighted by molar-refractivity contribution is -0.145. The maximum atomic E-state index is 11.6. The van der Waals surface area contributed by atoms with Crippen molar-refractivity contribution in [1.82, 2.24) is 4.90 Å². The van der Waals surface area contributed by atoms with Crippen LogP contribution in [0.15, 0.2) is 0 Å². The summed E-state index contributed by atoms with van der Waals surface area (Å²) < 4.78 is 0. The molecule has 1 aliphatic rings. The number of rotatable bonds is 4. The maximum absolute atomic E-state index is 11.6. The molecule has 0 spiro atoms. The van der Waals surface area contributed by atoms with Crippen molar-refractivity contribution in [3.05, 3.63) is 0 Å². The number of likely N-dealkylation sites (tertiary alicyclic amines) is 1. The van der Waals surface area contributed by atoms with E-state index in [1.807, 2.05) is 18.7 Å². The second kappa shape index (κ2) is 5.14. The molecule has 1 fully saturated rings. The SMILES string of the molecule is CC[C@@H]1[C@@H](CC(=O)O)CCC(=O)N1CC. The van der Waals surface area contributed by atoms with Crippen LogP contribution >= 0.6 is 0 Å². The van der Waals surface area contributed by atoms with Gasteiger partial charge in [-0.3, -0.25) is 9.59 Å². The highest BCUT2D eigenvalue weighted by molar-refractivity contribution is 5.78. The first kappa shape index (κ1) is 12.0. The third-order valence-corrected chi connectivity index (χ3v) is 3.19. The molecule has 0 aromatic carbocycles. The summed E-state index contributed by atoms with van der Waals surface area (Å²) in [4.78, 5) is 24.1. The molecular weight excluding hydrogens is 194 g/mol. The molecule has 4 heteroatoms. The highest BCUT2D eigenvalue weighted by Crippen LogP contribution is 2.28. The Hall–Kier alpha value is -1.06. The molecule has 1 N–H and O–H groups in total. The van der Waals surface area contributed by atoms with E-state index in [0.29, 0.717) is 13.0 Å². The predicted molar refractivity (Wildman–Crippen MR) is 56.4 cm³/mol. The van der Waals surface area contributed by atoms with Gasteiger partial charge in [-0.15, -0.1) is 0 Å². The molecule has 1 aliphatic heterocycles. The molecule has 2 atom stereocenters. The molecule has 1 amide bonds. The second-order valence-electron chi connectivity index (χ2n) is 4.05. The largest absolute Gasteiger partial charge is 0.481 e. The summed E-state index contributed by atoms with van der Waals surface area (Å²) in [6, 6.07) is 0.118. The summed E-state index contributed by atoms with van der Waals surface area (Å²) in [6.45, 7) is 4.65. The van der Waals surface area contributed by atoms with Crippen LogP contribution in [0, 0.1) is 5.92 Å². The first-order chi connectivity index (χ1) is 7.10. The summed E-state index contributed by atoms with van der Waals surface area (Å²) >= 11 is 0. The van der Waals surface area contributed by atoms with Gasteiger partial charge in [0.05, 0.1) is 6.42 Å². The average Bonchev–Trinajstić information content (AvgIpc) is 2.19. The molecule has 0 saturated carbocycles. The number of carboxylic acids is 1. The molecule has 0 aromatic rings. The zero-order chi connectivity index (χ0) is 11.4. The number of amides is 1. The number of carbonyl (C=O) groups is 2. The van der Waals surface area contributed by atoms with E-state index in [1.165, 1.54) is 0 Å². The zero-order valence-electron chi connectivity index (χ0n) is 9.40. The van der Waals surface area contributed by atoms with Crippen molar-refractivity contribution >= 4 is 11.9 Å². The molecule has 1 heterocycles. The van der Waals surface area contributed by atoms with Gasteiger partial charge in [0.2, 0.25) is 5.91 Å². The topological polar surface area (TPSA) is 57.6 Å². The highest BCUT2D eigenvalue weighted by Gasteiger charge is 2.34. The van der Waals surface area contributed by atoms with Gasteiger partial charge < -0.3 is 10.0 Å². The Bertz CT molecular complexity index is 252. The number of hydrogen-bond acceptors (Lipinski definition) is 2. The van der Waals surface area contributed by atoms with Crippen LogP contribution in [0.5, 0.6) is 0 Å². The van der Waals surface area contributed by atoms with Crippen LogP contribution < -0.4 is 0 Å². The van der Waals surface area contributed by atoms with Gasteiger partial charge in [0.15, 0.2) is 0 Å². The number of hydrogen-bond donors (Lipinski definition) is 1. The van der Waals surface area contributed by atoms with Crippen molar-refractivity contribution < 1.29 is 14.7 Å². The molecule has 0 bridgehead atoms. The summed E-state index contributed by atoms with van der Waals surface area (Å²) in [6.07, 6.45) is 2.25. The van der Waals surface area contributed by atoms with Gasteiger partial charge in [-0.05, 0) is 25.7 Å². The lowest BCUT2D eigenvalue weighted by Gasteiger charge is -2.39. The smallest absolute Gasteiger partial charge is 0.303 e. The van der Waals surface area contributed by atoms with Crippen LogP contribution in [0.3, 0.4) is 0 Å². The summed E-state index contributed by atoms with van der Waals surface area (Å²) in [7, 11) is 0. The Kier molecular flexibility index (Phi) is 4.12. The highest BCUT2D eigenvalue weighted by atomic mass is 16.4. The third kappa shape index (κ3) is 2.70. The molecule has 4 nitrogen and oxygen atoms in total. The summed E-state index contributed by atoms with van der Waals surface area (Å²) in [5.74, 6) is -0.458. The van der Waals surface area contributed by atoms with Gasteiger partial charge in [0.1, 0.15) is 0 Å². The van der Waals surface area contributed by atoms with Crippen LogP contribution in [0.2, 0.25) is 0 Å². The Morgan fingerprint density at radius 1 is 1.53 bits per heavy atom. The van der Waals surface area contributed by atoms with Crippen molar-refractivity contribution in [1.29, 1.82) is 0 Å². The quantitative estimate of drug-likeness (QED) is 0.769. The van der Waals surface area contributed by atoms with E-state index in [4.69, 9.17) is 5.11 Å². The van der Waals surface area contributed by atoms with Gasteiger partial charge in [0, 0.05) is 19.0 Å². The fraction of sp³-hybridized carbons (Fsp3) is 0.818. The minimum absolute atomic E-state index is 0.118. The van der Waals surface area contributed by atoms with Crippen LogP contribution in [0.1, 0.15) is 39.5 Å². The molecule has 86 valence electrons. The first-order valence-electron chi connectivity index (χ1n) is 5.61. The maximum Gasteiger partial charge on any atom is 0.303 e. The van der Waals surface area contributed by atoms with E-state index in [9.17, 15) is 9.59 Å².